The molecule has 0 amide bonds. The molecule has 0 bridgehead atoms. The molecule has 0 radical (unpaired) electrons. The molecular weight excluding hydrogens is 358 g/mol. The van der Waals surface area contributed by atoms with Crippen LogP contribution in [0.4, 0.5) is 5.82 Å². The number of rotatable bonds is 6. The maximum Gasteiger partial charge on any atom is 0.212 e. The summed E-state index contributed by atoms with van der Waals surface area (Å²) in [5.41, 5.74) is 5.26. The van der Waals surface area contributed by atoms with E-state index in [0.29, 0.717) is 17.3 Å². The van der Waals surface area contributed by atoms with Gasteiger partial charge >= 0.3 is 0 Å². The van der Waals surface area contributed by atoms with E-state index < -0.39 is 0 Å². The molecule has 1 aromatic carbocycles. The predicted octanol–water partition coefficient (Wildman–Crippen LogP) is 2.67. The van der Waals surface area contributed by atoms with Crippen molar-refractivity contribution in [2.75, 3.05) is 19.6 Å². The lowest BCUT2D eigenvalue weighted by Gasteiger charge is -2.06. The van der Waals surface area contributed by atoms with Crippen molar-refractivity contribution in [2.45, 2.75) is 0 Å². The fourth-order valence-corrected chi connectivity index (χ4v) is 2.62. The molecule has 28 heavy (non-hydrogen) atoms. The summed E-state index contributed by atoms with van der Waals surface area (Å²) < 4.78 is 12.0. The topological polar surface area (TPSA) is 99.3 Å². The molecular formula is C19H17N7O2. The van der Waals surface area contributed by atoms with Gasteiger partial charge in [0.05, 0.1) is 37.7 Å². The second-order valence-corrected chi connectivity index (χ2v) is 5.72. The van der Waals surface area contributed by atoms with Gasteiger partial charge in [0, 0.05) is 23.9 Å². The van der Waals surface area contributed by atoms with E-state index in [0.717, 1.165) is 22.4 Å². The average molecular weight is 375 g/mol. The molecule has 1 N–H and O–H groups in total. The van der Waals surface area contributed by atoms with E-state index in [9.17, 15) is 0 Å². The first-order valence-electron chi connectivity index (χ1n) is 8.41. The summed E-state index contributed by atoms with van der Waals surface area (Å²) in [4.78, 5) is 12.7. The first-order chi connectivity index (χ1) is 13.8. The Morgan fingerprint density at radius 2 is 1.96 bits per heavy atom. The zero-order valence-corrected chi connectivity index (χ0v) is 15.3. The fraction of sp³-hybridized carbons (Fsp3) is 0.105. The second-order valence-electron chi connectivity index (χ2n) is 5.72. The van der Waals surface area contributed by atoms with E-state index in [1.54, 1.807) is 43.6 Å². The highest BCUT2D eigenvalue weighted by Crippen LogP contribution is 2.23. The van der Waals surface area contributed by atoms with Crippen LogP contribution in [0.15, 0.2) is 60.2 Å². The molecule has 3 heterocycles. The van der Waals surface area contributed by atoms with Crippen LogP contribution in [0.25, 0.3) is 16.7 Å². The van der Waals surface area contributed by atoms with Gasteiger partial charge in [0.15, 0.2) is 11.5 Å². The molecule has 4 aromatic rings. The Bertz CT molecular complexity index is 1120. The molecule has 3 aromatic heterocycles. The summed E-state index contributed by atoms with van der Waals surface area (Å²) >= 11 is 0. The van der Waals surface area contributed by atoms with E-state index >= 15 is 0 Å². The van der Waals surface area contributed by atoms with E-state index in [1.807, 2.05) is 30.3 Å². The first kappa shape index (κ1) is 17.4. The van der Waals surface area contributed by atoms with Crippen molar-refractivity contribution in [3.63, 3.8) is 0 Å². The normalized spacial score (nSPS) is 11.1. The third-order valence-corrected chi connectivity index (χ3v) is 4.02. The number of anilines is 1. The van der Waals surface area contributed by atoms with Crippen molar-refractivity contribution in [2.24, 2.45) is 5.10 Å². The Morgan fingerprint density at radius 3 is 2.75 bits per heavy atom. The maximum absolute atomic E-state index is 5.28. The summed E-state index contributed by atoms with van der Waals surface area (Å²) in [6, 6.07) is 11.2. The Balaban J connectivity index is 1.60. The number of fused-ring (bicyclic) bond motifs is 1. The van der Waals surface area contributed by atoms with Crippen molar-refractivity contribution >= 4 is 23.1 Å². The van der Waals surface area contributed by atoms with Crippen molar-refractivity contribution in [1.29, 1.82) is 0 Å². The monoisotopic (exact) mass is 375 g/mol. The lowest BCUT2D eigenvalue weighted by molar-refractivity contribution is 0.398. The molecule has 0 aliphatic rings. The quantitative estimate of drug-likeness (QED) is 0.408. The van der Waals surface area contributed by atoms with Crippen LogP contribution in [-0.2, 0) is 0 Å². The molecule has 0 fully saturated rings. The number of hydrazone groups is 1. The van der Waals surface area contributed by atoms with Crippen LogP contribution in [0.1, 0.15) is 5.56 Å². The molecule has 0 aliphatic carbocycles. The van der Waals surface area contributed by atoms with Crippen LogP contribution < -0.4 is 14.9 Å². The highest BCUT2D eigenvalue weighted by atomic mass is 16.5. The van der Waals surface area contributed by atoms with Crippen LogP contribution >= 0.6 is 0 Å². The predicted molar refractivity (Wildman–Crippen MR) is 105 cm³/mol. The number of benzene rings is 1. The molecule has 140 valence electrons. The Hall–Kier alpha value is -4.01. The van der Waals surface area contributed by atoms with Crippen molar-refractivity contribution < 1.29 is 9.47 Å². The zero-order valence-electron chi connectivity index (χ0n) is 15.3. The van der Waals surface area contributed by atoms with Gasteiger partial charge in [0.25, 0.3) is 0 Å². The van der Waals surface area contributed by atoms with Gasteiger partial charge in [-0.3, -0.25) is 5.43 Å². The van der Waals surface area contributed by atoms with Gasteiger partial charge in [0.1, 0.15) is 12.1 Å². The van der Waals surface area contributed by atoms with Gasteiger partial charge in [-0.1, -0.05) is 6.07 Å². The molecule has 0 aliphatic heterocycles. The summed E-state index contributed by atoms with van der Waals surface area (Å²) in [5.74, 6) is 1.84. The Kier molecular flexibility index (Phi) is 4.79. The third-order valence-electron chi connectivity index (χ3n) is 4.02. The van der Waals surface area contributed by atoms with Gasteiger partial charge < -0.3 is 9.47 Å². The van der Waals surface area contributed by atoms with E-state index in [4.69, 9.17) is 9.47 Å². The molecule has 4 rings (SSSR count). The van der Waals surface area contributed by atoms with Crippen LogP contribution in [0, 0.1) is 0 Å². The van der Waals surface area contributed by atoms with Gasteiger partial charge in [-0.05, 0) is 18.2 Å². The number of hydrogen-bond acceptors (Lipinski definition) is 8. The SMILES string of the molecule is COc1cccc(-n2ncc3c(N/N=C/c4ccc(OC)nc4)ncnc32)c1. The standard InChI is InChI=1S/C19H17N7O2/c1-27-15-5-3-4-14(8-15)26-19-16(11-24-26)18(21-12-22-19)25-23-10-13-6-7-17(28-2)20-9-13/h3-12H,1-2H3,(H,21,22,25)/b23-10+. The largest absolute Gasteiger partial charge is 0.497 e. The molecule has 9 heteroatoms. The minimum atomic E-state index is 0.549. The summed E-state index contributed by atoms with van der Waals surface area (Å²) in [7, 11) is 3.20. The third kappa shape index (κ3) is 3.45. The smallest absolute Gasteiger partial charge is 0.212 e. The molecule has 0 atom stereocenters. The highest BCUT2D eigenvalue weighted by Gasteiger charge is 2.11. The zero-order chi connectivity index (χ0) is 19.3. The van der Waals surface area contributed by atoms with E-state index in [-0.39, 0.29) is 0 Å². The van der Waals surface area contributed by atoms with Crippen LogP contribution in [0.5, 0.6) is 11.6 Å². The van der Waals surface area contributed by atoms with E-state index in [1.165, 1.54) is 6.33 Å². The Labute approximate surface area is 160 Å². The van der Waals surface area contributed by atoms with Crippen LogP contribution in [0.2, 0.25) is 0 Å². The molecule has 0 unspecified atom stereocenters. The number of aromatic nitrogens is 5. The molecule has 0 spiro atoms. The minimum absolute atomic E-state index is 0.549. The lowest BCUT2D eigenvalue weighted by atomic mass is 10.3. The molecule has 0 saturated carbocycles. The van der Waals surface area contributed by atoms with E-state index in [2.05, 4.69) is 30.6 Å². The van der Waals surface area contributed by atoms with Gasteiger partial charge in [0.2, 0.25) is 5.88 Å². The number of pyridine rings is 1. The van der Waals surface area contributed by atoms with Crippen LogP contribution in [-0.4, -0.2) is 45.2 Å². The lowest BCUT2D eigenvalue weighted by Crippen LogP contribution is -2.00. The average Bonchev–Trinajstić information content (AvgIpc) is 3.19. The van der Waals surface area contributed by atoms with Crippen molar-refractivity contribution in [3.8, 4) is 17.3 Å². The molecule has 0 saturated heterocycles. The maximum atomic E-state index is 5.28. The minimum Gasteiger partial charge on any atom is -0.497 e. The van der Waals surface area contributed by atoms with Crippen LogP contribution in [0.3, 0.4) is 0 Å². The van der Waals surface area contributed by atoms with Gasteiger partial charge in [-0.15, -0.1) is 0 Å². The number of methoxy groups -OCH3 is 2. The summed E-state index contributed by atoms with van der Waals surface area (Å²) in [6.07, 6.45) is 6.47. The number of nitrogens with one attached hydrogen (secondary N) is 1. The number of ether oxygens (including phenoxy) is 2. The fourth-order valence-electron chi connectivity index (χ4n) is 2.62. The van der Waals surface area contributed by atoms with Gasteiger partial charge in [-0.2, -0.15) is 10.2 Å². The summed E-state index contributed by atoms with van der Waals surface area (Å²) in [6.45, 7) is 0. The molecule has 9 nitrogen and oxygen atoms in total. The second kappa shape index (κ2) is 7.70. The number of hydrogen-bond donors (Lipinski definition) is 1. The van der Waals surface area contributed by atoms with Crippen molar-refractivity contribution in [1.82, 2.24) is 24.7 Å². The highest BCUT2D eigenvalue weighted by molar-refractivity contribution is 5.88. The number of nitrogens with zero attached hydrogens (tertiary/aromatic N) is 6. The summed E-state index contributed by atoms with van der Waals surface area (Å²) in [5, 5.41) is 9.40. The van der Waals surface area contributed by atoms with Gasteiger partial charge in [-0.25, -0.2) is 19.6 Å². The van der Waals surface area contributed by atoms with Crippen molar-refractivity contribution in [3.05, 3.63) is 60.7 Å². The Morgan fingerprint density at radius 1 is 1.04 bits per heavy atom. The first-order valence-corrected chi connectivity index (χ1v) is 8.41.